The minimum absolute atomic E-state index is 0.764. The van der Waals surface area contributed by atoms with Gasteiger partial charge in [0.05, 0.1) is 11.9 Å². The lowest BCUT2D eigenvalue weighted by atomic mass is 10.0. The van der Waals surface area contributed by atoms with Gasteiger partial charge in [0.25, 0.3) is 0 Å². The Morgan fingerprint density at radius 3 is 2.62 bits per heavy atom. The summed E-state index contributed by atoms with van der Waals surface area (Å²) in [6, 6.07) is 2.02. The molecule has 0 bridgehead atoms. The maximum absolute atomic E-state index is 5.74. The molecule has 1 aromatic heterocycles. The summed E-state index contributed by atoms with van der Waals surface area (Å²) < 4.78 is 0. The van der Waals surface area contributed by atoms with Crippen molar-refractivity contribution >= 4 is 11.5 Å². The lowest BCUT2D eigenvalue weighted by Gasteiger charge is -2.20. The normalized spacial score (nSPS) is 28.4. The average molecular weight is 217 g/mol. The topological polar surface area (TPSA) is 42.1 Å². The van der Waals surface area contributed by atoms with Crippen molar-refractivity contribution < 1.29 is 0 Å². The summed E-state index contributed by atoms with van der Waals surface area (Å²) in [5, 5.41) is 0. The maximum atomic E-state index is 5.74. The fourth-order valence-electron chi connectivity index (χ4n) is 3.33. The molecule has 0 spiro atoms. The molecule has 2 aliphatic rings. The third-order valence-corrected chi connectivity index (χ3v) is 4.10. The van der Waals surface area contributed by atoms with Gasteiger partial charge in [-0.1, -0.05) is 6.42 Å². The highest BCUT2D eigenvalue weighted by Gasteiger charge is 2.36. The Kier molecular flexibility index (Phi) is 2.27. The first-order chi connectivity index (χ1) is 7.74. The zero-order valence-electron chi connectivity index (χ0n) is 9.82. The van der Waals surface area contributed by atoms with E-state index in [1.807, 2.05) is 6.07 Å². The molecule has 1 aromatic rings. The zero-order chi connectivity index (χ0) is 11.1. The highest BCUT2D eigenvalue weighted by Crippen LogP contribution is 2.39. The van der Waals surface area contributed by atoms with Crippen molar-refractivity contribution in [2.75, 3.05) is 23.7 Å². The van der Waals surface area contributed by atoms with E-state index < -0.39 is 0 Å². The first-order valence-corrected chi connectivity index (χ1v) is 6.21. The molecule has 2 fully saturated rings. The Labute approximate surface area is 96.7 Å². The average Bonchev–Trinajstić information content (AvgIpc) is 2.76. The number of rotatable bonds is 1. The Morgan fingerprint density at radius 2 is 2.00 bits per heavy atom. The summed E-state index contributed by atoms with van der Waals surface area (Å²) in [7, 11) is 0. The number of hydrogen-bond acceptors (Lipinski definition) is 3. The fraction of sp³-hybridized carbons (Fsp3) is 0.615. The Hall–Kier alpha value is -1.25. The molecule has 0 aromatic carbocycles. The summed E-state index contributed by atoms with van der Waals surface area (Å²) in [5.41, 5.74) is 7.71. The minimum Gasteiger partial charge on any atom is -0.397 e. The Bertz CT molecular complexity index is 390. The SMILES string of the molecule is Cc1cc(N)cnc1N1CC2CCCC2C1. The number of nitrogens with zero attached hydrogens (tertiary/aromatic N) is 2. The first kappa shape index (κ1) is 9.94. The molecule has 1 aliphatic carbocycles. The summed E-state index contributed by atoms with van der Waals surface area (Å²) in [6.07, 6.45) is 6.03. The van der Waals surface area contributed by atoms with Gasteiger partial charge in [-0.2, -0.15) is 0 Å². The molecule has 1 saturated carbocycles. The number of nitrogens with two attached hydrogens (primary N) is 1. The highest BCUT2D eigenvalue weighted by molar-refractivity contribution is 5.53. The maximum Gasteiger partial charge on any atom is 0.131 e. The second-order valence-corrected chi connectivity index (χ2v) is 5.27. The van der Waals surface area contributed by atoms with Gasteiger partial charge in [-0.05, 0) is 43.2 Å². The largest absolute Gasteiger partial charge is 0.397 e. The smallest absolute Gasteiger partial charge is 0.131 e. The van der Waals surface area contributed by atoms with Gasteiger partial charge in [0.15, 0.2) is 0 Å². The molecule has 2 N–H and O–H groups in total. The molecule has 86 valence electrons. The van der Waals surface area contributed by atoms with Crippen molar-refractivity contribution in [3.05, 3.63) is 17.8 Å². The van der Waals surface area contributed by atoms with Gasteiger partial charge < -0.3 is 10.6 Å². The summed E-state index contributed by atoms with van der Waals surface area (Å²) in [5.74, 6) is 2.97. The third kappa shape index (κ3) is 1.55. The van der Waals surface area contributed by atoms with Crippen LogP contribution in [0.5, 0.6) is 0 Å². The quantitative estimate of drug-likeness (QED) is 0.784. The van der Waals surface area contributed by atoms with Crippen LogP contribution in [0.4, 0.5) is 11.5 Å². The van der Waals surface area contributed by atoms with Crippen molar-refractivity contribution in [3.8, 4) is 0 Å². The minimum atomic E-state index is 0.764. The van der Waals surface area contributed by atoms with Crippen molar-refractivity contribution in [2.24, 2.45) is 11.8 Å². The molecule has 16 heavy (non-hydrogen) atoms. The fourth-order valence-corrected chi connectivity index (χ4v) is 3.33. The van der Waals surface area contributed by atoms with Gasteiger partial charge in [-0.15, -0.1) is 0 Å². The van der Waals surface area contributed by atoms with Crippen LogP contribution in [0.15, 0.2) is 12.3 Å². The van der Waals surface area contributed by atoms with Gasteiger partial charge >= 0.3 is 0 Å². The molecule has 0 amide bonds. The van der Waals surface area contributed by atoms with E-state index in [1.54, 1.807) is 6.20 Å². The van der Waals surface area contributed by atoms with Crippen LogP contribution in [0, 0.1) is 18.8 Å². The second kappa shape index (κ2) is 3.65. The Balaban J connectivity index is 1.83. The molecule has 3 rings (SSSR count). The van der Waals surface area contributed by atoms with Crippen molar-refractivity contribution in [2.45, 2.75) is 26.2 Å². The van der Waals surface area contributed by atoms with Crippen molar-refractivity contribution in [3.63, 3.8) is 0 Å². The lowest BCUT2D eigenvalue weighted by molar-refractivity contribution is 0.494. The van der Waals surface area contributed by atoms with Gasteiger partial charge in [0.1, 0.15) is 5.82 Å². The van der Waals surface area contributed by atoms with Gasteiger partial charge in [-0.25, -0.2) is 4.98 Å². The van der Waals surface area contributed by atoms with E-state index in [9.17, 15) is 0 Å². The molecular weight excluding hydrogens is 198 g/mol. The van der Waals surface area contributed by atoms with E-state index in [-0.39, 0.29) is 0 Å². The monoisotopic (exact) mass is 217 g/mol. The predicted molar refractivity (Wildman–Crippen MR) is 66.4 cm³/mol. The van der Waals surface area contributed by atoms with E-state index in [4.69, 9.17) is 5.73 Å². The second-order valence-electron chi connectivity index (χ2n) is 5.27. The predicted octanol–water partition coefficient (Wildman–Crippen LogP) is 2.21. The highest BCUT2D eigenvalue weighted by atomic mass is 15.2. The number of pyridine rings is 1. The molecule has 2 atom stereocenters. The lowest BCUT2D eigenvalue weighted by Crippen LogP contribution is -2.22. The van der Waals surface area contributed by atoms with Crippen molar-refractivity contribution in [1.29, 1.82) is 0 Å². The number of aryl methyl sites for hydroxylation is 1. The van der Waals surface area contributed by atoms with Crippen LogP contribution in [0.1, 0.15) is 24.8 Å². The number of aromatic nitrogens is 1. The summed E-state index contributed by atoms with van der Waals surface area (Å²) >= 11 is 0. The number of fused-ring (bicyclic) bond motifs is 1. The van der Waals surface area contributed by atoms with E-state index in [0.29, 0.717) is 0 Å². The Morgan fingerprint density at radius 1 is 1.31 bits per heavy atom. The third-order valence-electron chi connectivity index (χ3n) is 4.10. The van der Waals surface area contributed by atoms with Crippen LogP contribution in [0.25, 0.3) is 0 Å². The number of hydrogen-bond donors (Lipinski definition) is 1. The standard InChI is InChI=1S/C13H19N3/c1-9-5-12(14)6-15-13(9)16-7-10-3-2-4-11(10)8-16/h5-6,10-11H,2-4,7-8,14H2,1H3. The van der Waals surface area contributed by atoms with Gasteiger partial charge in [0, 0.05) is 13.1 Å². The van der Waals surface area contributed by atoms with Crippen LogP contribution < -0.4 is 10.6 Å². The van der Waals surface area contributed by atoms with Gasteiger partial charge in [-0.3, -0.25) is 0 Å². The van der Waals surface area contributed by atoms with E-state index in [2.05, 4.69) is 16.8 Å². The number of anilines is 2. The molecule has 3 nitrogen and oxygen atoms in total. The van der Waals surface area contributed by atoms with Gasteiger partial charge in [0.2, 0.25) is 0 Å². The van der Waals surface area contributed by atoms with Crippen molar-refractivity contribution in [1.82, 2.24) is 4.98 Å². The van der Waals surface area contributed by atoms with E-state index >= 15 is 0 Å². The summed E-state index contributed by atoms with van der Waals surface area (Å²) in [6.45, 7) is 4.50. The molecular formula is C13H19N3. The molecule has 1 aliphatic heterocycles. The molecule has 1 saturated heterocycles. The molecule has 2 heterocycles. The molecule has 3 heteroatoms. The van der Waals surface area contributed by atoms with Crippen LogP contribution in [0.2, 0.25) is 0 Å². The molecule has 0 radical (unpaired) electrons. The van der Waals surface area contributed by atoms with E-state index in [1.165, 1.54) is 37.9 Å². The molecule has 2 unspecified atom stereocenters. The van der Waals surface area contributed by atoms with Crippen LogP contribution in [-0.4, -0.2) is 18.1 Å². The van der Waals surface area contributed by atoms with Crippen LogP contribution >= 0.6 is 0 Å². The van der Waals surface area contributed by atoms with Crippen LogP contribution in [-0.2, 0) is 0 Å². The van der Waals surface area contributed by atoms with E-state index in [0.717, 1.165) is 23.3 Å². The summed E-state index contributed by atoms with van der Waals surface area (Å²) in [4.78, 5) is 6.94. The van der Waals surface area contributed by atoms with Crippen LogP contribution in [0.3, 0.4) is 0 Å². The first-order valence-electron chi connectivity index (χ1n) is 6.21. The number of nitrogen functional groups attached to an aromatic ring is 1. The zero-order valence-corrected chi connectivity index (χ0v) is 9.82.